The molecule has 0 aromatic carbocycles. The molecule has 0 aromatic rings. The fraction of sp³-hybridized carbons (Fsp3) is 0.909. The lowest BCUT2D eigenvalue weighted by Crippen LogP contribution is -2.43. The highest BCUT2D eigenvalue weighted by Crippen LogP contribution is 2.59. The van der Waals surface area contributed by atoms with Gasteiger partial charge in [0, 0.05) is 6.42 Å². The zero-order chi connectivity index (χ0) is 9.31. The number of carbonyl (C=O) groups excluding carboxylic acids is 1. The van der Waals surface area contributed by atoms with E-state index in [9.17, 15) is 4.79 Å². The van der Waals surface area contributed by atoms with Gasteiger partial charge in [-0.05, 0) is 43.9 Å². The highest BCUT2D eigenvalue weighted by Gasteiger charge is 2.48. The lowest BCUT2D eigenvalue weighted by molar-refractivity contribution is -0.147. The molecule has 13 heavy (non-hydrogen) atoms. The van der Waals surface area contributed by atoms with E-state index in [2.05, 4.69) is 0 Å². The van der Waals surface area contributed by atoms with Gasteiger partial charge in [-0.2, -0.15) is 0 Å². The Kier molecular flexibility index (Phi) is 2.31. The minimum absolute atomic E-state index is 0.00155. The van der Waals surface area contributed by atoms with Gasteiger partial charge in [-0.15, -0.1) is 0 Å². The van der Waals surface area contributed by atoms with Crippen molar-refractivity contribution in [1.29, 1.82) is 0 Å². The summed E-state index contributed by atoms with van der Waals surface area (Å²) in [6.07, 6.45) is 7.46. The van der Waals surface area contributed by atoms with E-state index < -0.39 is 0 Å². The van der Waals surface area contributed by atoms with Crippen molar-refractivity contribution in [3.05, 3.63) is 0 Å². The topological polar surface area (TPSA) is 26.3 Å². The van der Waals surface area contributed by atoms with Gasteiger partial charge < -0.3 is 4.74 Å². The van der Waals surface area contributed by atoms with Crippen LogP contribution in [0.5, 0.6) is 0 Å². The van der Waals surface area contributed by atoms with E-state index in [1.165, 1.54) is 32.1 Å². The molecule has 2 nitrogen and oxygen atoms in total. The highest BCUT2D eigenvalue weighted by molar-refractivity contribution is 5.69. The van der Waals surface area contributed by atoms with Crippen molar-refractivity contribution >= 4 is 5.97 Å². The van der Waals surface area contributed by atoms with E-state index in [0.29, 0.717) is 24.4 Å². The Labute approximate surface area is 79.7 Å². The predicted molar refractivity (Wildman–Crippen MR) is 50.3 cm³/mol. The summed E-state index contributed by atoms with van der Waals surface area (Å²) >= 11 is 0. The van der Waals surface area contributed by atoms with E-state index in [1.54, 1.807) is 0 Å². The van der Waals surface area contributed by atoms with Crippen LogP contribution in [-0.2, 0) is 9.53 Å². The molecule has 0 atom stereocenters. The van der Waals surface area contributed by atoms with Crippen molar-refractivity contribution in [2.24, 2.45) is 11.3 Å². The number of hydrogen-bond donors (Lipinski definition) is 0. The molecule has 0 saturated heterocycles. The van der Waals surface area contributed by atoms with Crippen LogP contribution >= 0.6 is 0 Å². The first-order valence-electron chi connectivity index (χ1n) is 5.40. The summed E-state index contributed by atoms with van der Waals surface area (Å²) in [6.45, 7) is 2.39. The first kappa shape index (κ1) is 9.04. The van der Waals surface area contributed by atoms with Gasteiger partial charge in [0.05, 0.1) is 6.61 Å². The molecule has 0 aliphatic heterocycles. The number of carbonyl (C=O) groups is 1. The van der Waals surface area contributed by atoms with Gasteiger partial charge in [0.15, 0.2) is 0 Å². The van der Waals surface area contributed by atoms with Crippen LogP contribution in [-0.4, -0.2) is 12.6 Å². The van der Waals surface area contributed by atoms with Crippen LogP contribution in [0.3, 0.4) is 0 Å². The van der Waals surface area contributed by atoms with Crippen molar-refractivity contribution in [2.75, 3.05) is 6.61 Å². The largest absolute Gasteiger partial charge is 0.466 e. The maximum atomic E-state index is 11.1. The Morgan fingerprint density at radius 2 is 2.15 bits per heavy atom. The number of esters is 1. The van der Waals surface area contributed by atoms with E-state index in [0.717, 1.165) is 0 Å². The minimum atomic E-state index is 0.00155. The van der Waals surface area contributed by atoms with Crippen molar-refractivity contribution in [1.82, 2.24) is 0 Å². The molecule has 2 saturated carbocycles. The van der Waals surface area contributed by atoms with Crippen molar-refractivity contribution in [3.63, 3.8) is 0 Å². The van der Waals surface area contributed by atoms with E-state index in [-0.39, 0.29) is 5.97 Å². The maximum Gasteiger partial charge on any atom is 0.306 e. The average molecular weight is 182 g/mol. The quantitative estimate of drug-likeness (QED) is 0.627. The summed E-state index contributed by atoms with van der Waals surface area (Å²) in [4.78, 5) is 11.1. The zero-order valence-corrected chi connectivity index (χ0v) is 8.34. The van der Waals surface area contributed by atoms with Crippen molar-refractivity contribution in [2.45, 2.75) is 45.4 Å². The molecule has 0 bridgehead atoms. The van der Waals surface area contributed by atoms with Crippen molar-refractivity contribution < 1.29 is 9.53 Å². The second-order valence-corrected chi connectivity index (χ2v) is 4.64. The highest BCUT2D eigenvalue weighted by atomic mass is 16.5. The summed E-state index contributed by atoms with van der Waals surface area (Å²) in [5, 5.41) is 0. The van der Waals surface area contributed by atoms with Crippen molar-refractivity contribution in [3.8, 4) is 0 Å². The van der Waals surface area contributed by atoms with Gasteiger partial charge in [0.1, 0.15) is 0 Å². The van der Waals surface area contributed by atoms with Crippen LogP contribution in [0.1, 0.15) is 45.4 Å². The third-order valence-electron chi connectivity index (χ3n) is 3.62. The van der Waals surface area contributed by atoms with Crippen LogP contribution in [0.4, 0.5) is 0 Å². The monoisotopic (exact) mass is 182 g/mol. The van der Waals surface area contributed by atoms with Gasteiger partial charge in [-0.3, -0.25) is 4.79 Å². The fourth-order valence-corrected chi connectivity index (χ4v) is 2.85. The molecule has 74 valence electrons. The molecule has 0 heterocycles. The number of hydrogen-bond acceptors (Lipinski definition) is 2. The molecule has 0 aromatic heterocycles. The van der Waals surface area contributed by atoms with Crippen LogP contribution < -0.4 is 0 Å². The standard InChI is InChI=1S/C11H18O2/c1-2-13-10(12)6-9-7-11(8-9)4-3-5-11/h9H,2-8H2,1H3. The first-order chi connectivity index (χ1) is 6.24. The number of ether oxygens (including phenoxy) is 1. The summed E-state index contributed by atoms with van der Waals surface area (Å²) in [5.41, 5.74) is 0.692. The summed E-state index contributed by atoms with van der Waals surface area (Å²) in [6, 6.07) is 0. The van der Waals surface area contributed by atoms with Gasteiger partial charge in [-0.1, -0.05) is 6.42 Å². The Morgan fingerprint density at radius 3 is 2.62 bits per heavy atom. The van der Waals surface area contributed by atoms with Gasteiger partial charge in [-0.25, -0.2) is 0 Å². The fourth-order valence-electron chi connectivity index (χ4n) is 2.85. The molecule has 0 N–H and O–H groups in total. The maximum absolute atomic E-state index is 11.1. The smallest absolute Gasteiger partial charge is 0.306 e. The summed E-state index contributed by atoms with van der Waals surface area (Å²) in [5.74, 6) is 0.640. The Bertz CT molecular complexity index is 198. The molecular formula is C11H18O2. The molecule has 1 spiro atoms. The third kappa shape index (κ3) is 1.72. The van der Waals surface area contributed by atoms with Gasteiger partial charge in [0.25, 0.3) is 0 Å². The zero-order valence-electron chi connectivity index (χ0n) is 8.34. The molecule has 2 aliphatic rings. The summed E-state index contributed by atoms with van der Waals surface area (Å²) in [7, 11) is 0. The Morgan fingerprint density at radius 1 is 1.46 bits per heavy atom. The van der Waals surface area contributed by atoms with E-state index in [4.69, 9.17) is 4.74 Å². The molecule has 2 fully saturated rings. The Hall–Kier alpha value is -0.530. The average Bonchev–Trinajstić information content (AvgIpc) is 1.92. The SMILES string of the molecule is CCOC(=O)CC1CC2(CCC2)C1. The van der Waals surface area contributed by atoms with E-state index in [1.807, 2.05) is 6.92 Å². The summed E-state index contributed by atoms with van der Waals surface area (Å²) < 4.78 is 4.93. The van der Waals surface area contributed by atoms with Crippen LogP contribution in [0, 0.1) is 11.3 Å². The second kappa shape index (κ2) is 3.32. The molecule has 2 heteroatoms. The molecule has 0 radical (unpaired) electrons. The normalized spacial score (nSPS) is 25.0. The first-order valence-corrected chi connectivity index (χ1v) is 5.40. The second-order valence-electron chi connectivity index (χ2n) is 4.64. The molecular weight excluding hydrogens is 164 g/mol. The molecule has 0 amide bonds. The van der Waals surface area contributed by atoms with Crippen LogP contribution in [0.2, 0.25) is 0 Å². The predicted octanol–water partition coefficient (Wildman–Crippen LogP) is 2.52. The van der Waals surface area contributed by atoms with Gasteiger partial charge >= 0.3 is 5.97 Å². The van der Waals surface area contributed by atoms with Crippen LogP contribution in [0.15, 0.2) is 0 Å². The minimum Gasteiger partial charge on any atom is -0.466 e. The van der Waals surface area contributed by atoms with E-state index >= 15 is 0 Å². The lowest BCUT2D eigenvalue weighted by Gasteiger charge is -2.54. The molecule has 2 aliphatic carbocycles. The molecule has 0 unspecified atom stereocenters. The molecule has 2 rings (SSSR count). The lowest BCUT2D eigenvalue weighted by atomic mass is 9.51. The number of rotatable bonds is 3. The van der Waals surface area contributed by atoms with Crippen LogP contribution in [0.25, 0.3) is 0 Å². The Balaban J connectivity index is 1.66. The van der Waals surface area contributed by atoms with Gasteiger partial charge in [0.2, 0.25) is 0 Å². The third-order valence-corrected chi connectivity index (χ3v) is 3.62.